The van der Waals surface area contributed by atoms with Gasteiger partial charge in [0.15, 0.2) is 5.82 Å². The van der Waals surface area contributed by atoms with Crippen LogP contribution in [-0.2, 0) is 6.42 Å². The zero-order valence-corrected chi connectivity index (χ0v) is 10.5. The van der Waals surface area contributed by atoms with Crippen LogP contribution in [0.25, 0.3) is 0 Å². The smallest absolute Gasteiger partial charge is 0.243 e. The number of hydrogen-bond acceptors (Lipinski definition) is 5. The summed E-state index contributed by atoms with van der Waals surface area (Å²) < 4.78 is 31.3. The van der Waals surface area contributed by atoms with Crippen LogP contribution in [0.3, 0.4) is 0 Å². The molecule has 2 atom stereocenters. The molecule has 7 heteroatoms. The maximum Gasteiger partial charge on any atom is 0.243 e. The topological polar surface area (TPSA) is 71.2 Å². The lowest BCUT2D eigenvalue weighted by atomic mass is 10.1. The van der Waals surface area contributed by atoms with Gasteiger partial charge in [-0.15, -0.1) is 0 Å². The molecule has 0 bridgehead atoms. The summed E-state index contributed by atoms with van der Waals surface area (Å²) in [4.78, 5) is 4.19. The molecular formula is C13H13F2N3O2. The van der Waals surface area contributed by atoms with Crippen molar-refractivity contribution in [3.05, 3.63) is 47.1 Å². The molecule has 2 N–H and O–H groups in total. The number of β-amino-alcohol motifs (C(OH)–C–C–N with tert-alkyl or cyclic N) is 1. The Kier molecular flexibility index (Phi) is 3.45. The van der Waals surface area contributed by atoms with Gasteiger partial charge >= 0.3 is 0 Å². The molecule has 1 aliphatic rings. The summed E-state index contributed by atoms with van der Waals surface area (Å²) in [7, 11) is 0. The van der Waals surface area contributed by atoms with Crippen LogP contribution < -0.4 is 5.32 Å². The molecule has 3 rings (SSSR count). The second-order valence-electron chi connectivity index (χ2n) is 4.85. The summed E-state index contributed by atoms with van der Waals surface area (Å²) >= 11 is 0. The number of nitrogens with one attached hydrogen (secondary N) is 1. The molecule has 1 fully saturated rings. The van der Waals surface area contributed by atoms with Crippen LogP contribution in [0.4, 0.5) is 8.78 Å². The molecule has 1 aromatic heterocycles. The highest BCUT2D eigenvalue weighted by molar-refractivity contribution is 5.21. The van der Waals surface area contributed by atoms with Gasteiger partial charge in [-0.2, -0.15) is 4.98 Å². The van der Waals surface area contributed by atoms with Crippen molar-refractivity contribution in [1.29, 1.82) is 0 Å². The maximum atomic E-state index is 13.1. The molecule has 2 heterocycles. The molecule has 0 aliphatic carbocycles. The van der Waals surface area contributed by atoms with E-state index in [1.807, 2.05) is 0 Å². The normalized spacial score (nSPS) is 22.4. The first kappa shape index (κ1) is 13.1. The highest BCUT2D eigenvalue weighted by Crippen LogP contribution is 2.22. The number of aliphatic hydroxyl groups excluding tert-OH is 1. The van der Waals surface area contributed by atoms with E-state index in [2.05, 4.69) is 15.5 Å². The van der Waals surface area contributed by atoms with E-state index in [0.29, 0.717) is 30.2 Å². The molecule has 0 spiro atoms. The first-order valence-electron chi connectivity index (χ1n) is 6.29. The quantitative estimate of drug-likeness (QED) is 0.888. The van der Waals surface area contributed by atoms with Gasteiger partial charge < -0.3 is 14.9 Å². The van der Waals surface area contributed by atoms with Crippen LogP contribution in [0.15, 0.2) is 22.7 Å². The Morgan fingerprint density at radius 1 is 1.30 bits per heavy atom. The summed E-state index contributed by atoms with van der Waals surface area (Å²) in [6.45, 7) is 0.484. The molecule has 2 aromatic rings. The van der Waals surface area contributed by atoms with Gasteiger partial charge in [0.2, 0.25) is 5.89 Å². The number of hydrogen-bond donors (Lipinski definition) is 2. The van der Waals surface area contributed by atoms with Crippen molar-refractivity contribution in [3.63, 3.8) is 0 Å². The molecule has 20 heavy (non-hydrogen) atoms. The minimum absolute atomic E-state index is 0.171. The van der Waals surface area contributed by atoms with Gasteiger partial charge in [0, 0.05) is 19.0 Å². The average Bonchev–Trinajstić information content (AvgIpc) is 2.96. The molecule has 106 valence electrons. The van der Waals surface area contributed by atoms with Crippen LogP contribution in [0.1, 0.15) is 29.7 Å². The number of aliphatic hydroxyl groups is 1. The van der Waals surface area contributed by atoms with Gasteiger partial charge in [-0.05, 0) is 24.1 Å². The monoisotopic (exact) mass is 281 g/mol. The van der Waals surface area contributed by atoms with E-state index in [4.69, 9.17) is 4.52 Å². The Hall–Kier alpha value is -1.86. The standard InChI is InChI=1S/C13H13F2N3O2/c14-8-1-7(2-9(15)4-8)3-12-17-13(20-18-12)11-5-10(19)6-16-11/h1-2,4,10-11,16,19H,3,5-6H2/t10?,11-/m0/s1. The largest absolute Gasteiger partial charge is 0.392 e. The number of benzene rings is 1. The van der Waals surface area contributed by atoms with Crippen LogP contribution in [0.5, 0.6) is 0 Å². The predicted octanol–water partition coefficient (Wildman–Crippen LogP) is 1.33. The highest BCUT2D eigenvalue weighted by Gasteiger charge is 2.28. The number of halogens is 2. The Balaban J connectivity index is 1.73. The van der Waals surface area contributed by atoms with Gasteiger partial charge in [-0.25, -0.2) is 8.78 Å². The summed E-state index contributed by atoms with van der Waals surface area (Å²) in [5.74, 6) is -0.532. The Morgan fingerprint density at radius 3 is 2.70 bits per heavy atom. The van der Waals surface area contributed by atoms with Crippen LogP contribution in [-0.4, -0.2) is 27.9 Å². The van der Waals surface area contributed by atoms with Gasteiger partial charge in [-0.3, -0.25) is 0 Å². The Morgan fingerprint density at radius 2 is 2.05 bits per heavy atom. The zero-order chi connectivity index (χ0) is 14.1. The second-order valence-corrected chi connectivity index (χ2v) is 4.85. The molecule has 1 saturated heterocycles. The lowest BCUT2D eigenvalue weighted by Gasteiger charge is -2.01. The minimum Gasteiger partial charge on any atom is -0.392 e. The third kappa shape index (κ3) is 2.83. The third-order valence-electron chi connectivity index (χ3n) is 3.17. The predicted molar refractivity (Wildman–Crippen MR) is 64.8 cm³/mol. The number of aromatic nitrogens is 2. The van der Waals surface area contributed by atoms with Crippen molar-refractivity contribution in [2.75, 3.05) is 6.54 Å². The molecule has 0 amide bonds. The molecule has 1 aliphatic heterocycles. The second kappa shape index (κ2) is 5.26. The van der Waals surface area contributed by atoms with Crippen molar-refractivity contribution in [2.45, 2.75) is 25.0 Å². The van der Waals surface area contributed by atoms with Gasteiger partial charge in [0.1, 0.15) is 11.6 Å². The van der Waals surface area contributed by atoms with Crippen molar-refractivity contribution < 1.29 is 18.4 Å². The van der Waals surface area contributed by atoms with E-state index in [1.54, 1.807) is 0 Å². The molecule has 1 unspecified atom stereocenters. The third-order valence-corrected chi connectivity index (χ3v) is 3.17. The van der Waals surface area contributed by atoms with Crippen molar-refractivity contribution in [2.24, 2.45) is 0 Å². The van der Waals surface area contributed by atoms with Gasteiger partial charge in [0.25, 0.3) is 0 Å². The lowest BCUT2D eigenvalue weighted by molar-refractivity contribution is 0.191. The summed E-state index contributed by atoms with van der Waals surface area (Å²) in [5.41, 5.74) is 0.439. The minimum atomic E-state index is -0.635. The highest BCUT2D eigenvalue weighted by atomic mass is 19.1. The molecule has 5 nitrogen and oxygen atoms in total. The van der Waals surface area contributed by atoms with Gasteiger partial charge in [-0.1, -0.05) is 5.16 Å². The maximum absolute atomic E-state index is 13.1. The Labute approximate surface area is 113 Å². The first-order valence-corrected chi connectivity index (χ1v) is 6.29. The molecule has 0 radical (unpaired) electrons. The number of nitrogens with zero attached hydrogens (tertiary/aromatic N) is 2. The SMILES string of the molecule is OC1CN[C@H](c2nc(Cc3cc(F)cc(F)c3)no2)C1. The molecule has 1 aromatic carbocycles. The molecular weight excluding hydrogens is 268 g/mol. The fourth-order valence-electron chi connectivity index (χ4n) is 2.28. The van der Waals surface area contributed by atoms with Crippen molar-refractivity contribution in [3.8, 4) is 0 Å². The fraction of sp³-hybridized carbons (Fsp3) is 0.385. The van der Waals surface area contributed by atoms with Crippen LogP contribution in [0, 0.1) is 11.6 Å². The van der Waals surface area contributed by atoms with E-state index in [0.717, 1.165) is 6.07 Å². The lowest BCUT2D eigenvalue weighted by Crippen LogP contribution is -2.15. The van der Waals surface area contributed by atoms with Gasteiger partial charge in [0.05, 0.1) is 12.1 Å². The van der Waals surface area contributed by atoms with E-state index in [-0.39, 0.29) is 12.5 Å². The van der Waals surface area contributed by atoms with E-state index < -0.39 is 17.7 Å². The summed E-state index contributed by atoms with van der Waals surface area (Å²) in [6.07, 6.45) is 0.275. The fourth-order valence-corrected chi connectivity index (χ4v) is 2.28. The average molecular weight is 281 g/mol. The summed E-state index contributed by atoms with van der Waals surface area (Å²) in [5, 5.41) is 16.3. The first-order chi connectivity index (χ1) is 9.60. The number of rotatable bonds is 3. The van der Waals surface area contributed by atoms with Crippen molar-refractivity contribution >= 4 is 0 Å². The Bertz CT molecular complexity index is 597. The van der Waals surface area contributed by atoms with E-state index in [9.17, 15) is 13.9 Å². The van der Waals surface area contributed by atoms with E-state index in [1.165, 1.54) is 12.1 Å². The van der Waals surface area contributed by atoms with Crippen molar-refractivity contribution in [1.82, 2.24) is 15.5 Å². The zero-order valence-electron chi connectivity index (χ0n) is 10.5. The summed E-state index contributed by atoms with van der Waals surface area (Å²) in [6, 6.07) is 3.11. The van der Waals surface area contributed by atoms with Crippen LogP contribution >= 0.6 is 0 Å². The van der Waals surface area contributed by atoms with E-state index >= 15 is 0 Å². The molecule has 0 saturated carbocycles. The van der Waals surface area contributed by atoms with Crippen LogP contribution in [0.2, 0.25) is 0 Å².